The van der Waals surface area contributed by atoms with E-state index in [0.29, 0.717) is 23.6 Å². The molecule has 0 bridgehead atoms. The third-order valence-electron chi connectivity index (χ3n) is 3.80. The van der Waals surface area contributed by atoms with Crippen LogP contribution in [0.5, 0.6) is 5.75 Å². The quantitative estimate of drug-likeness (QED) is 0.803. The first-order chi connectivity index (χ1) is 11.5. The van der Waals surface area contributed by atoms with Gasteiger partial charge in [-0.15, -0.1) is 0 Å². The van der Waals surface area contributed by atoms with Gasteiger partial charge in [-0.1, -0.05) is 48.0 Å². The first kappa shape index (κ1) is 18.3. The van der Waals surface area contributed by atoms with Crippen molar-refractivity contribution in [3.63, 3.8) is 0 Å². The highest BCUT2D eigenvalue weighted by Crippen LogP contribution is 2.33. The van der Waals surface area contributed by atoms with Gasteiger partial charge in [0.05, 0.1) is 13.2 Å². The van der Waals surface area contributed by atoms with Gasteiger partial charge in [-0.05, 0) is 31.0 Å². The predicted octanol–water partition coefficient (Wildman–Crippen LogP) is 3.68. The molecule has 0 radical (unpaired) electrons. The summed E-state index contributed by atoms with van der Waals surface area (Å²) >= 11 is 6.36. The molecule has 2 aromatic rings. The number of halogens is 1. The molecule has 128 valence electrons. The molecule has 0 aliphatic heterocycles. The topological polar surface area (TPSA) is 64.3 Å². The first-order valence-corrected chi connectivity index (χ1v) is 8.33. The lowest BCUT2D eigenvalue weighted by molar-refractivity contribution is -0.121. The molecular formula is C19H23ClN2O2. The Labute approximate surface area is 148 Å². The van der Waals surface area contributed by atoms with Crippen molar-refractivity contribution >= 4 is 17.5 Å². The summed E-state index contributed by atoms with van der Waals surface area (Å²) in [6.45, 7) is 1.89. The Morgan fingerprint density at radius 1 is 1.17 bits per heavy atom. The normalized spacial score (nSPS) is 13.2. The fraction of sp³-hybridized carbons (Fsp3) is 0.316. The smallest absolute Gasteiger partial charge is 0.220 e. The van der Waals surface area contributed by atoms with Gasteiger partial charge in [0, 0.05) is 23.0 Å². The van der Waals surface area contributed by atoms with Crippen molar-refractivity contribution in [2.75, 3.05) is 7.11 Å². The second-order valence-electron chi connectivity index (χ2n) is 5.78. The van der Waals surface area contributed by atoms with Gasteiger partial charge in [0.25, 0.3) is 0 Å². The summed E-state index contributed by atoms with van der Waals surface area (Å²) in [4.78, 5) is 12.4. The number of amides is 1. The Morgan fingerprint density at radius 3 is 2.42 bits per heavy atom. The lowest BCUT2D eigenvalue weighted by Crippen LogP contribution is -2.31. The zero-order valence-electron chi connectivity index (χ0n) is 14.0. The second kappa shape index (κ2) is 8.71. The summed E-state index contributed by atoms with van der Waals surface area (Å²) in [6.07, 6.45) is 1.00. The SMILES string of the molecule is COc1ccccc1C(NC(=O)CCC(C)N)c1ccccc1Cl. The molecule has 0 aliphatic rings. The molecule has 2 rings (SSSR count). The Kier molecular flexibility index (Phi) is 6.64. The molecule has 0 aromatic heterocycles. The maximum atomic E-state index is 12.4. The van der Waals surface area contributed by atoms with E-state index in [1.54, 1.807) is 7.11 Å². The standard InChI is InChI=1S/C19H23ClN2O2/c1-13(21)11-12-18(23)22-19(14-7-3-5-9-16(14)20)15-8-4-6-10-17(15)24-2/h3-10,13,19H,11-12,21H2,1-2H3,(H,22,23). The number of para-hydroxylation sites is 1. The number of methoxy groups -OCH3 is 1. The molecule has 1 amide bonds. The Balaban J connectivity index is 2.35. The van der Waals surface area contributed by atoms with Crippen LogP contribution >= 0.6 is 11.6 Å². The van der Waals surface area contributed by atoms with Crippen LogP contribution in [0.1, 0.15) is 36.9 Å². The molecule has 0 saturated carbocycles. The molecular weight excluding hydrogens is 324 g/mol. The number of benzene rings is 2. The van der Waals surface area contributed by atoms with Crippen molar-refractivity contribution in [2.45, 2.75) is 31.8 Å². The van der Waals surface area contributed by atoms with Crippen LogP contribution in [-0.2, 0) is 4.79 Å². The molecule has 5 heteroatoms. The molecule has 0 fully saturated rings. The molecule has 0 saturated heterocycles. The fourth-order valence-corrected chi connectivity index (χ4v) is 2.77. The van der Waals surface area contributed by atoms with Crippen LogP contribution in [0.3, 0.4) is 0 Å². The largest absolute Gasteiger partial charge is 0.496 e. The molecule has 0 spiro atoms. The summed E-state index contributed by atoms with van der Waals surface area (Å²) in [5.41, 5.74) is 7.44. The third-order valence-corrected chi connectivity index (χ3v) is 4.14. The second-order valence-corrected chi connectivity index (χ2v) is 6.19. The lowest BCUT2D eigenvalue weighted by Gasteiger charge is -2.23. The highest BCUT2D eigenvalue weighted by atomic mass is 35.5. The summed E-state index contributed by atoms with van der Waals surface area (Å²) < 4.78 is 5.45. The maximum Gasteiger partial charge on any atom is 0.220 e. The van der Waals surface area contributed by atoms with Crippen molar-refractivity contribution < 1.29 is 9.53 Å². The number of nitrogens with two attached hydrogens (primary N) is 1. The van der Waals surface area contributed by atoms with E-state index in [9.17, 15) is 4.79 Å². The summed E-state index contributed by atoms with van der Waals surface area (Å²) in [7, 11) is 1.61. The highest BCUT2D eigenvalue weighted by Gasteiger charge is 2.22. The average molecular weight is 347 g/mol. The van der Waals surface area contributed by atoms with Gasteiger partial charge in [0.15, 0.2) is 0 Å². The van der Waals surface area contributed by atoms with Crippen LogP contribution in [0.15, 0.2) is 48.5 Å². The van der Waals surface area contributed by atoms with Gasteiger partial charge < -0.3 is 15.8 Å². The minimum absolute atomic E-state index is 0.0132. The summed E-state index contributed by atoms with van der Waals surface area (Å²) in [5.74, 6) is 0.637. The Hall–Kier alpha value is -2.04. The van der Waals surface area contributed by atoms with E-state index in [1.165, 1.54) is 0 Å². The lowest BCUT2D eigenvalue weighted by atomic mass is 9.97. The van der Waals surface area contributed by atoms with E-state index in [-0.39, 0.29) is 18.0 Å². The van der Waals surface area contributed by atoms with Crippen molar-refractivity contribution in [3.8, 4) is 5.75 Å². The number of carbonyl (C=O) groups excluding carboxylic acids is 1. The average Bonchev–Trinajstić information content (AvgIpc) is 2.58. The number of hydrogen-bond acceptors (Lipinski definition) is 3. The Morgan fingerprint density at radius 2 is 1.79 bits per heavy atom. The van der Waals surface area contributed by atoms with E-state index in [0.717, 1.165) is 11.1 Å². The minimum atomic E-state index is -0.379. The highest BCUT2D eigenvalue weighted by molar-refractivity contribution is 6.31. The number of hydrogen-bond donors (Lipinski definition) is 2. The number of carbonyl (C=O) groups is 1. The molecule has 3 N–H and O–H groups in total. The van der Waals surface area contributed by atoms with Gasteiger partial charge in [0.2, 0.25) is 5.91 Å². The van der Waals surface area contributed by atoms with Gasteiger partial charge in [0.1, 0.15) is 5.75 Å². The minimum Gasteiger partial charge on any atom is -0.496 e. The van der Waals surface area contributed by atoms with Crippen molar-refractivity contribution in [2.24, 2.45) is 5.73 Å². The zero-order chi connectivity index (χ0) is 17.5. The molecule has 2 unspecified atom stereocenters. The van der Waals surface area contributed by atoms with Crippen LogP contribution in [0, 0.1) is 0 Å². The summed E-state index contributed by atoms with van der Waals surface area (Å²) in [5, 5.41) is 3.66. The maximum absolute atomic E-state index is 12.4. The van der Waals surface area contributed by atoms with E-state index < -0.39 is 0 Å². The van der Waals surface area contributed by atoms with Gasteiger partial charge in [-0.3, -0.25) is 4.79 Å². The molecule has 0 heterocycles. The molecule has 24 heavy (non-hydrogen) atoms. The van der Waals surface area contributed by atoms with Crippen LogP contribution < -0.4 is 15.8 Å². The van der Waals surface area contributed by atoms with Crippen molar-refractivity contribution in [3.05, 3.63) is 64.7 Å². The molecule has 2 aromatic carbocycles. The molecule has 2 atom stereocenters. The third kappa shape index (κ3) is 4.73. The first-order valence-electron chi connectivity index (χ1n) is 7.95. The fourth-order valence-electron chi connectivity index (χ4n) is 2.53. The van der Waals surface area contributed by atoms with Gasteiger partial charge in [-0.25, -0.2) is 0 Å². The van der Waals surface area contributed by atoms with Gasteiger partial charge in [-0.2, -0.15) is 0 Å². The van der Waals surface area contributed by atoms with Crippen LogP contribution in [0.2, 0.25) is 5.02 Å². The number of nitrogens with one attached hydrogen (secondary N) is 1. The van der Waals surface area contributed by atoms with E-state index >= 15 is 0 Å². The van der Waals surface area contributed by atoms with Crippen LogP contribution in [-0.4, -0.2) is 19.1 Å². The van der Waals surface area contributed by atoms with E-state index in [4.69, 9.17) is 22.1 Å². The zero-order valence-corrected chi connectivity index (χ0v) is 14.7. The Bertz CT molecular complexity index is 689. The number of rotatable bonds is 7. The van der Waals surface area contributed by atoms with Crippen molar-refractivity contribution in [1.82, 2.24) is 5.32 Å². The predicted molar refractivity (Wildman–Crippen MR) is 97.3 cm³/mol. The van der Waals surface area contributed by atoms with E-state index in [2.05, 4.69) is 5.32 Å². The van der Waals surface area contributed by atoms with E-state index in [1.807, 2.05) is 55.5 Å². The van der Waals surface area contributed by atoms with Crippen LogP contribution in [0.4, 0.5) is 0 Å². The monoisotopic (exact) mass is 346 g/mol. The molecule has 4 nitrogen and oxygen atoms in total. The van der Waals surface area contributed by atoms with Crippen molar-refractivity contribution in [1.29, 1.82) is 0 Å². The number of ether oxygens (including phenoxy) is 1. The summed E-state index contributed by atoms with van der Waals surface area (Å²) in [6, 6.07) is 14.7. The molecule has 0 aliphatic carbocycles. The van der Waals surface area contributed by atoms with Gasteiger partial charge >= 0.3 is 0 Å². The van der Waals surface area contributed by atoms with Crippen LogP contribution in [0.25, 0.3) is 0 Å².